The second-order valence-corrected chi connectivity index (χ2v) is 7.83. The van der Waals surface area contributed by atoms with Gasteiger partial charge in [0.1, 0.15) is 18.0 Å². The zero-order valence-electron chi connectivity index (χ0n) is 17.1. The number of para-hydroxylation sites is 1. The molecule has 0 aromatic heterocycles. The molecule has 3 aliphatic heterocycles. The summed E-state index contributed by atoms with van der Waals surface area (Å²) in [5.41, 5.74) is 0.160. The van der Waals surface area contributed by atoms with Gasteiger partial charge in [0.15, 0.2) is 11.6 Å². The van der Waals surface area contributed by atoms with Gasteiger partial charge in [-0.2, -0.15) is 0 Å². The third-order valence-electron chi connectivity index (χ3n) is 5.75. The Bertz CT molecular complexity index is 1160. The topological polar surface area (TPSA) is 126 Å². The van der Waals surface area contributed by atoms with Crippen LogP contribution < -0.4 is 25.4 Å². The maximum Gasteiger partial charge on any atom is 0.325 e. The van der Waals surface area contributed by atoms with Crippen molar-refractivity contribution in [1.82, 2.24) is 10.2 Å². The van der Waals surface area contributed by atoms with Crippen molar-refractivity contribution >= 4 is 35.1 Å². The Morgan fingerprint density at radius 1 is 1.19 bits per heavy atom. The number of nitrogens with zero attached hydrogens (tertiary/aromatic N) is 1. The average Bonchev–Trinajstić information content (AvgIpc) is 3.00. The number of ether oxygens (including phenoxy) is 2. The van der Waals surface area contributed by atoms with E-state index in [1.807, 2.05) is 0 Å². The first-order valence-electron chi connectivity index (χ1n) is 10.2. The first-order chi connectivity index (χ1) is 15.4. The van der Waals surface area contributed by atoms with Crippen LogP contribution in [-0.4, -0.2) is 47.9 Å². The molecule has 1 saturated heterocycles. The number of amides is 5. The molecular formula is C22H20N4O6. The fourth-order valence-electron chi connectivity index (χ4n) is 4.15. The van der Waals surface area contributed by atoms with E-state index in [-0.39, 0.29) is 18.9 Å². The summed E-state index contributed by atoms with van der Waals surface area (Å²) in [5, 5.41) is 8.11. The van der Waals surface area contributed by atoms with E-state index in [9.17, 15) is 19.2 Å². The summed E-state index contributed by atoms with van der Waals surface area (Å²) >= 11 is 0. The summed E-state index contributed by atoms with van der Waals surface area (Å²) in [6, 6.07) is 11.2. The molecule has 0 saturated carbocycles. The Balaban J connectivity index is 1.32. The van der Waals surface area contributed by atoms with Crippen molar-refractivity contribution in [3.63, 3.8) is 0 Å². The number of hydrogen-bond acceptors (Lipinski definition) is 6. The molecule has 0 bridgehead atoms. The van der Waals surface area contributed by atoms with Gasteiger partial charge in [-0.15, -0.1) is 0 Å². The van der Waals surface area contributed by atoms with Crippen LogP contribution in [0.1, 0.15) is 18.9 Å². The van der Waals surface area contributed by atoms with E-state index in [4.69, 9.17) is 9.47 Å². The fourth-order valence-corrected chi connectivity index (χ4v) is 4.15. The number of carbonyl (C=O) groups is 4. The zero-order valence-corrected chi connectivity index (χ0v) is 17.1. The number of urea groups is 1. The lowest BCUT2D eigenvalue weighted by atomic mass is 9.84. The smallest absolute Gasteiger partial charge is 0.325 e. The van der Waals surface area contributed by atoms with E-state index in [1.165, 1.54) is 0 Å². The van der Waals surface area contributed by atoms with Crippen LogP contribution in [0.5, 0.6) is 11.5 Å². The molecule has 3 heterocycles. The molecule has 5 amide bonds. The molecule has 0 aliphatic carbocycles. The van der Waals surface area contributed by atoms with Gasteiger partial charge in [0.25, 0.3) is 11.8 Å². The largest absolute Gasteiger partial charge is 0.493 e. The highest BCUT2D eigenvalue weighted by molar-refractivity contribution is 6.11. The average molecular weight is 436 g/mol. The number of fused-ring (bicyclic) bond motifs is 3. The molecular weight excluding hydrogens is 416 g/mol. The zero-order chi connectivity index (χ0) is 22.5. The highest BCUT2D eigenvalue weighted by Gasteiger charge is 2.55. The van der Waals surface area contributed by atoms with Gasteiger partial charge in [-0.1, -0.05) is 18.2 Å². The van der Waals surface area contributed by atoms with E-state index < -0.39 is 36.0 Å². The Kier molecular flexibility index (Phi) is 4.50. The minimum atomic E-state index is -1.24. The number of anilines is 2. The van der Waals surface area contributed by atoms with Gasteiger partial charge < -0.3 is 25.4 Å². The summed E-state index contributed by atoms with van der Waals surface area (Å²) in [6.07, 6.45) is -0.333. The number of rotatable bonds is 3. The Morgan fingerprint density at radius 3 is 2.84 bits per heavy atom. The van der Waals surface area contributed by atoms with Crippen LogP contribution in [-0.2, 0) is 19.9 Å². The molecule has 1 spiro atoms. The minimum Gasteiger partial charge on any atom is -0.493 e. The van der Waals surface area contributed by atoms with Crippen molar-refractivity contribution in [3.05, 3.63) is 48.0 Å². The maximum absolute atomic E-state index is 13.2. The van der Waals surface area contributed by atoms with E-state index >= 15 is 0 Å². The van der Waals surface area contributed by atoms with Crippen molar-refractivity contribution in [1.29, 1.82) is 0 Å². The molecule has 5 rings (SSSR count). The summed E-state index contributed by atoms with van der Waals surface area (Å²) in [4.78, 5) is 51.2. The van der Waals surface area contributed by atoms with Crippen molar-refractivity contribution < 1.29 is 28.7 Å². The molecule has 3 N–H and O–H groups in total. The van der Waals surface area contributed by atoms with Gasteiger partial charge in [0, 0.05) is 17.7 Å². The van der Waals surface area contributed by atoms with Crippen molar-refractivity contribution in [2.45, 2.75) is 25.0 Å². The lowest BCUT2D eigenvalue weighted by Crippen LogP contribution is -2.48. The van der Waals surface area contributed by atoms with E-state index in [1.54, 1.807) is 49.4 Å². The molecule has 164 valence electrons. The van der Waals surface area contributed by atoms with Gasteiger partial charge in [0.2, 0.25) is 5.91 Å². The fraction of sp³-hybridized carbons (Fsp3) is 0.273. The van der Waals surface area contributed by atoms with Crippen LogP contribution in [0.3, 0.4) is 0 Å². The lowest BCUT2D eigenvalue weighted by Gasteiger charge is -2.33. The number of carbonyl (C=O) groups excluding carboxylic acids is 4. The highest BCUT2D eigenvalue weighted by atomic mass is 16.5. The summed E-state index contributed by atoms with van der Waals surface area (Å²) in [7, 11) is 0. The molecule has 32 heavy (non-hydrogen) atoms. The highest BCUT2D eigenvalue weighted by Crippen LogP contribution is 2.41. The predicted molar refractivity (Wildman–Crippen MR) is 112 cm³/mol. The van der Waals surface area contributed by atoms with E-state index in [2.05, 4.69) is 16.0 Å². The number of benzene rings is 2. The summed E-state index contributed by atoms with van der Waals surface area (Å²) < 4.78 is 11.1. The van der Waals surface area contributed by atoms with Gasteiger partial charge in [-0.05, 0) is 31.2 Å². The first-order valence-corrected chi connectivity index (χ1v) is 10.2. The molecule has 2 unspecified atom stereocenters. The van der Waals surface area contributed by atoms with Crippen LogP contribution in [0.25, 0.3) is 0 Å². The predicted octanol–water partition coefficient (Wildman–Crippen LogP) is 1.57. The van der Waals surface area contributed by atoms with Crippen LogP contribution >= 0.6 is 0 Å². The van der Waals surface area contributed by atoms with Gasteiger partial charge in [-0.3, -0.25) is 19.3 Å². The van der Waals surface area contributed by atoms with Gasteiger partial charge >= 0.3 is 6.03 Å². The Labute approximate surface area is 182 Å². The number of nitrogens with one attached hydrogen (secondary N) is 3. The third kappa shape index (κ3) is 3.11. The van der Waals surface area contributed by atoms with Crippen LogP contribution in [0.4, 0.5) is 16.2 Å². The second kappa shape index (κ2) is 7.26. The summed E-state index contributed by atoms with van der Waals surface area (Å²) in [5.74, 6) is -0.311. The van der Waals surface area contributed by atoms with E-state index in [0.717, 1.165) is 4.90 Å². The van der Waals surface area contributed by atoms with Crippen molar-refractivity contribution in [3.8, 4) is 11.5 Å². The van der Waals surface area contributed by atoms with Gasteiger partial charge in [-0.25, -0.2) is 4.79 Å². The molecule has 10 nitrogen and oxygen atoms in total. The quantitative estimate of drug-likeness (QED) is 0.627. The third-order valence-corrected chi connectivity index (χ3v) is 5.75. The first kappa shape index (κ1) is 19.9. The lowest BCUT2D eigenvalue weighted by molar-refractivity contribution is -0.135. The Morgan fingerprint density at radius 2 is 2.00 bits per heavy atom. The van der Waals surface area contributed by atoms with Crippen LogP contribution in [0.2, 0.25) is 0 Å². The second-order valence-electron chi connectivity index (χ2n) is 7.83. The molecule has 2 atom stereocenters. The molecule has 2 aromatic carbocycles. The SMILES string of the molecule is CC1Oc2ccc(NC(=O)CN3C(=O)NC4(CCOc5ccccc54)C3=O)cc2NC1=O. The maximum atomic E-state index is 13.2. The van der Waals surface area contributed by atoms with Gasteiger partial charge in [0.05, 0.1) is 12.3 Å². The Hall–Kier alpha value is -4.08. The molecule has 2 aromatic rings. The van der Waals surface area contributed by atoms with E-state index in [0.29, 0.717) is 28.4 Å². The van der Waals surface area contributed by atoms with Crippen molar-refractivity contribution in [2.24, 2.45) is 0 Å². The molecule has 1 fully saturated rings. The molecule has 0 radical (unpaired) electrons. The van der Waals surface area contributed by atoms with Crippen LogP contribution in [0, 0.1) is 0 Å². The van der Waals surface area contributed by atoms with Crippen molar-refractivity contribution in [2.75, 3.05) is 23.8 Å². The standard InChI is InChI=1S/C22H20N4O6/c1-12-19(28)24-15-10-13(6-7-17(15)32-12)23-18(27)11-26-20(29)22(25-21(26)30)8-9-31-16-5-3-2-4-14(16)22/h2-7,10,12H,8-9,11H2,1H3,(H,23,27)(H,24,28)(H,25,30). The van der Waals surface area contributed by atoms with Crippen LogP contribution in [0.15, 0.2) is 42.5 Å². The monoisotopic (exact) mass is 436 g/mol. The number of imide groups is 1. The number of hydrogen-bond donors (Lipinski definition) is 3. The normalized spacial score (nSPS) is 23.5. The molecule has 3 aliphatic rings. The summed E-state index contributed by atoms with van der Waals surface area (Å²) in [6.45, 7) is 1.45. The molecule has 10 heteroatoms. The minimum absolute atomic E-state index is 0.268.